The SMILES string of the molecule is Cc1cccc(C(=O)NCCNc2ccccc2[N+](=O)[O-])c1. The number of nitrogens with one attached hydrogen (secondary N) is 2. The summed E-state index contributed by atoms with van der Waals surface area (Å²) in [4.78, 5) is 22.4. The van der Waals surface area contributed by atoms with E-state index in [1.54, 1.807) is 24.3 Å². The van der Waals surface area contributed by atoms with Gasteiger partial charge in [-0.2, -0.15) is 0 Å². The lowest BCUT2D eigenvalue weighted by atomic mass is 10.1. The van der Waals surface area contributed by atoms with Crippen LogP contribution in [0.4, 0.5) is 11.4 Å². The highest BCUT2D eigenvalue weighted by Gasteiger charge is 2.11. The maximum Gasteiger partial charge on any atom is 0.292 e. The third-order valence-electron chi connectivity index (χ3n) is 3.11. The van der Waals surface area contributed by atoms with E-state index in [0.29, 0.717) is 24.3 Å². The fourth-order valence-electron chi connectivity index (χ4n) is 2.04. The number of nitrogens with zero attached hydrogens (tertiary/aromatic N) is 1. The Morgan fingerprint density at radius 2 is 1.91 bits per heavy atom. The van der Waals surface area contributed by atoms with Gasteiger partial charge in [0, 0.05) is 24.7 Å². The summed E-state index contributed by atoms with van der Waals surface area (Å²) >= 11 is 0. The van der Waals surface area contributed by atoms with Gasteiger partial charge in [-0.1, -0.05) is 29.8 Å². The fourth-order valence-corrected chi connectivity index (χ4v) is 2.04. The molecule has 0 heterocycles. The first-order valence-electron chi connectivity index (χ1n) is 6.90. The van der Waals surface area contributed by atoms with E-state index in [0.717, 1.165) is 5.56 Å². The largest absolute Gasteiger partial charge is 0.378 e. The molecule has 6 nitrogen and oxygen atoms in total. The van der Waals surface area contributed by atoms with Crippen molar-refractivity contribution in [2.45, 2.75) is 6.92 Å². The van der Waals surface area contributed by atoms with E-state index in [9.17, 15) is 14.9 Å². The van der Waals surface area contributed by atoms with Crippen LogP contribution in [0.2, 0.25) is 0 Å². The number of benzene rings is 2. The van der Waals surface area contributed by atoms with Crippen LogP contribution in [0.1, 0.15) is 15.9 Å². The number of hydrogen-bond acceptors (Lipinski definition) is 4. The lowest BCUT2D eigenvalue weighted by molar-refractivity contribution is -0.384. The highest BCUT2D eigenvalue weighted by molar-refractivity contribution is 5.94. The Kier molecular flexibility index (Phi) is 5.08. The van der Waals surface area contributed by atoms with Crippen molar-refractivity contribution >= 4 is 17.3 Å². The fraction of sp³-hybridized carbons (Fsp3) is 0.188. The number of amides is 1. The van der Waals surface area contributed by atoms with Crippen LogP contribution in [-0.4, -0.2) is 23.9 Å². The molecule has 0 aliphatic heterocycles. The number of anilines is 1. The van der Waals surface area contributed by atoms with Crippen LogP contribution in [0.15, 0.2) is 48.5 Å². The minimum absolute atomic E-state index is 0.0208. The number of carbonyl (C=O) groups is 1. The lowest BCUT2D eigenvalue weighted by Gasteiger charge is -2.08. The van der Waals surface area contributed by atoms with E-state index in [-0.39, 0.29) is 11.6 Å². The van der Waals surface area contributed by atoms with Crippen LogP contribution < -0.4 is 10.6 Å². The normalized spacial score (nSPS) is 10.0. The summed E-state index contributed by atoms with van der Waals surface area (Å²) < 4.78 is 0. The van der Waals surface area contributed by atoms with Gasteiger partial charge in [0.05, 0.1) is 4.92 Å². The summed E-state index contributed by atoms with van der Waals surface area (Å²) in [5.41, 5.74) is 2.08. The van der Waals surface area contributed by atoms with Gasteiger partial charge < -0.3 is 10.6 Å². The molecule has 2 aromatic rings. The zero-order chi connectivity index (χ0) is 15.9. The summed E-state index contributed by atoms with van der Waals surface area (Å²) in [5, 5.41) is 16.6. The van der Waals surface area contributed by atoms with Crippen LogP contribution in [-0.2, 0) is 0 Å². The molecule has 114 valence electrons. The molecule has 0 atom stereocenters. The predicted octanol–water partition coefficient (Wildman–Crippen LogP) is 2.75. The van der Waals surface area contributed by atoms with Crippen molar-refractivity contribution < 1.29 is 9.72 Å². The molecule has 0 saturated carbocycles. The first-order chi connectivity index (χ1) is 10.6. The van der Waals surface area contributed by atoms with Crippen LogP contribution in [0.25, 0.3) is 0 Å². The molecule has 0 fully saturated rings. The van der Waals surface area contributed by atoms with E-state index in [4.69, 9.17) is 0 Å². The number of aryl methyl sites for hydroxylation is 1. The van der Waals surface area contributed by atoms with E-state index in [1.165, 1.54) is 6.07 Å². The molecule has 0 aliphatic rings. The Morgan fingerprint density at radius 1 is 1.14 bits per heavy atom. The van der Waals surface area contributed by atoms with Gasteiger partial charge >= 0.3 is 0 Å². The van der Waals surface area contributed by atoms with Gasteiger partial charge in [-0.3, -0.25) is 14.9 Å². The molecule has 2 N–H and O–H groups in total. The van der Waals surface area contributed by atoms with Crippen LogP contribution in [0, 0.1) is 17.0 Å². The summed E-state index contributed by atoms with van der Waals surface area (Å²) in [6.45, 7) is 2.70. The molecule has 2 aromatic carbocycles. The van der Waals surface area contributed by atoms with Crippen molar-refractivity contribution in [3.05, 3.63) is 69.8 Å². The molecule has 0 aliphatic carbocycles. The Morgan fingerprint density at radius 3 is 2.64 bits per heavy atom. The second-order valence-electron chi connectivity index (χ2n) is 4.83. The first-order valence-corrected chi connectivity index (χ1v) is 6.90. The van der Waals surface area contributed by atoms with Gasteiger partial charge in [-0.25, -0.2) is 0 Å². The minimum atomic E-state index is -0.437. The summed E-state index contributed by atoms with van der Waals surface area (Å²) in [6, 6.07) is 13.7. The molecule has 0 unspecified atom stereocenters. The quantitative estimate of drug-likeness (QED) is 0.488. The van der Waals surface area contributed by atoms with Gasteiger partial charge in [0.25, 0.3) is 11.6 Å². The van der Waals surface area contributed by atoms with Crippen LogP contribution in [0.5, 0.6) is 0 Å². The smallest absolute Gasteiger partial charge is 0.292 e. The van der Waals surface area contributed by atoms with Crippen LogP contribution >= 0.6 is 0 Å². The maximum absolute atomic E-state index is 11.9. The number of nitro groups is 1. The van der Waals surface area contributed by atoms with Gasteiger partial charge in [0.15, 0.2) is 0 Å². The third-order valence-corrected chi connectivity index (χ3v) is 3.11. The Balaban J connectivity index is 1.85. The Bertz CT molecular complexity index is 686. The number of para-hydroxylation sites is 2. The molecule has 0 bridgehead atoms. The molecular weight excluding hydrogens is 282 g/mol. The molecule has 1 amide bonds. The monoisotopic (exact) mass is 299 g/mol. The van der Waals surface area contributed by atoms with Gasteiger partial charge in [0.1, 0.15) is 5.69 Å². The van der Waals surface area contributed by atoms with E-state index in [2.05, 4.69) is 10.6 Å². The first kappa shape index (κ1) is 15.5. The predicted molar refractivity (Wildman–Crippen MR) is 85.1 cm³/mol. The summed E-state index contributed by atoms with van der Waals surface area (Å²) in [6.07, 6.45) is 0. The molecule has 0 spiro atoms. The average Bonchev–Trinajstić information content (AvgIpc) is 2.51. The standard InChI is InChI=1S/C16H17N3O3/c1-12-5-4-6-13(11-12)16(20)18-10-9-17-14-7-2-3-8-15(14)19(21)22/h2-8,11,17H,9-10H2,1H3,(H,18,20). The summed E-state index contributed by atoms with van der Waals surface area (Å²) in [5.74, 6) is -0.159. The molecular formula is C16H17N3O3. The maximum atomic E-state index is 11.9. The highest BCUT2D eigenvalue weighted by Crippen LogP contribution is 2.22. The van der Waals surface area contributed by atoms with E-state index < -0.39 is 4.92 Å². The van der Waals surface area contributed by atoms with Gasteiger partial charge in [-0.05, 0) is 25.1 Å². The molecule has 0 saturated heterocycles. The van der Waals surface area contributed by atoms with Crippen molar-refractivity contribution in [2.75, 3.05) is 18.4 Å². The van der Waals surface area contributed by atoms with Gasteiger partial charge in [0.2, 0.25) is 0 Å². The number of hydrogen-bond donors (Lipinski definition) is 2. The zero-order valence-electron chi connectivity index (χ0n) is 12.2. The molecule has 22 heavy (non-hydrogen) atoms. The molecule has 6 heteroatoms. The highest BCUT2D eigenvalue weighted by atomic mass is 16.6. The van der Waals surface area contributed by atoms with Crippen molar-refractivity contribution in [1.82, 2.24) is 5.32 Å². The third kappa shape index (κ3) is 4.05. The average molecular weight is 299 g/mol. The topological polar surface area (TPSA) is 84.3 Å². The second-order valence-corrected chi connectivity index (χ2v) is 4.83. The Hall–Kier alpha value is -2.89. The molecule has 0 aromatic heterocycles. The molecule has 0 radical (unpaired) electrons. The lowest BCUT2D eigenvalue weighted by Crippen LogP contribution is -2.28. The van der Waals surface area contributed by atoms with E-state index >= 15 is 0 Å². The van der Waals surface area contributed by atoms with Gasteiger partial charge in [-0.15, -0.1) is 0 Å². The minimum Gasteiger partial charge on any atom is -0.378 e. The van der Waals surface area contributed by atoms with E-state index in [1.807, 2.05) is 25.1 Å². The molecule has 2 rings (SSSR count). The van der Waals surface area contributed by atoms with Crippen molar-refractivity contribution in [3.63, 3.8) is 0 Å². The van der Waals surface area contributed by atoms with Crippen molar-refractivity contribution in [2.24, 2.45) is 0 Å². The van der Waals surface area contributed by atoms with Crippen molar-refractivity contribution in [1.29, 1.82) is 0 Å². The van der Waals surface area contributed by atoms with Crippen molar-refractivity contribution in [3.8, 4) is 0 Å². The number of carbonyl (C=O) groups excluding carboxylic acids is 1. The summed E-state index contributed by atoms with van der Waals surface area (Å²) in [7, 11) is 0. The van der Waals surface area contributed by atoms with Crippen LogP contribution in [0.3, 0.4) is 0 Å². The number of rotatable bonds is 6. The number of nitro benzene ring substituents is 1. The second kappa shape index (κ2) is 7.21. The zero-order valence-corrected chi connectivity index (χ0v) is 12.2. The Labute approximate surface area is 128 Å².